The van der Waals surface area contributed by atoms with Gasteiger partial charge < -0.3 is 5.73 Å². The molecule has 0 radical (unpaired) electrons. The van der Waals surface area contributed by atoms with Crippen molar-refractivity contribution in [3.05, 3.63) is 0 Å². The average Bonchev–Trinajstić information content (AvgIpc) is 2.35. The number of fused-ring (bicyclic) bond motifs is 1. The number of piperidine rings is 1. The quantitative estimate of drug-likeness (QED) is 0.583. The van der Waals surface area contributed by atoms with Gasteiger partial charge in [0.05, 0.1) is 5.84 Å². The summed E-state index contributed by atoms with van der Waals surface area (Å²) in [5.74, 6) is 2.27. The molecule has 17 heavy (non-hydrogen) atoms. The van der Waals surface area contributed by atoms with Crippen molar-refractivity contribution in [1.29, 1.82) is 5.41 Å². The molecule has 0 bridgehead atoms. The molecule has 0 spiro atoms. The molecule has 3 heteroatoms. The molecule has 2 rings (SSSR count). The highest BCUT2D eigenvalue weighted by Gasteiger charge is 2.33. The van der Waals surface area contributed by atoms with Crippen LogP contribution in [0.4, 0.5) is 0 Å². The van der Waals surface area contributed by atoms with Crippen LogP contribution in [0.5, 0.6) is 0 Å². The highest BCUT2D eigenvalue weighted by Crippen LogP contribution is 2.37. The minimum absolute atomic E-state index is 0.350. The van der Waals surface area contributed by atoms with Crippen LogP contribution in [-0.2, 0) is 0 Å². The number of nitrogens with one attached hydrogen (secondary N) is 1. The standard InChI is InChI=1S/C14H27N3/c1-2-13(9-14(15)16)17-8-7-11-5-3-4-6-12(11)10-17/h11-13H,2-10H2,1H3,(H3,15,16). The molecule has 98 valence electrons. The van der Waals surface area contributed by atoms with Crippen LogP contribution >= 0.6 is 0 Å². The number of nitrogens with zero attached hydrogens (tertiary/aromatic N) is 1. The van der Waals surface area contributed by atoms with Crippen LogP contribution in [0, 0.1) is 17.2 Å². The SMILES string of the molecule is CCC(CC(=N)N)N1CCC2CCCCC2C1. The maximum Gasteiger partial charge on any atom is 0.0921 e. The van der Waals surface area contributed by atoms with E-state index in [1.165, 1.54) is 45.2 Å². The molecule has 3 N–H and O–H groups in total. The topological polar surface area (TPSA) is 53.1 Å². The fourth-order valence-corrected chi connectivity index (χ4v) is 3.75. The first-order chi connectivity index (χ1) is 8.20. The zero-order chi connectivity index (χ0) is 12.3. The second-order valence-electron chi connectivity index (χ2n) is 5.88. The Morgan fingerprint density at radius 2 is 2.00 bits per heavy atom. The fourth-order valence-electron chi connectivity index (χ4n) is 3.75. The van der Waals surface area contributed by atoms with Crippen molar-refractivity contribution in [3.8, 4) is 0 Å². The first-order valence-electron chi connectivity index (χ1n) is 7.27. The van der Waals surface area contributed by atoms with Crippen molar-refractivity contribution in [3.63, 3.8) is 0 Å². The zero-order valence-corrected chi connectivity index (χ0v) is 11.1. The van der Waals surface area contributed by atoms with Gasteiger partial charge in [-0.1, -0.05) is 26.2 Å². The number of nitrogens with two attached hydrogens (primary N) is 1. The predicted octanol–water partition coefficient (Wildman–Crippen LogP) is 2.60. The van der Waals surface area contributed by atoms with Gasteiger partial charge >= 0.3 is 0 Å². The van der Waals surface area contributed by atoms with Crippen LogP contribution in [0.25, 0.3) is 0 Å². The third-order valence-corrected chi connectivity index (χ3v) is 4.77. The molecule has 0 aromatic rings. The summed E-state index contributed by atoms with van der Waals surface area (Å²) in [6.45, 7) is 4.71. The highest BCUT2D eigenvalue weighted by molar-refractivity contribution is 5.77. The monoisotopic (exact) mass is 237 g/mol. The van der Waals surface area contributed by atoms with Crippen molar-refractivity contribution in [2.45, 2.75) is 57.9 Å². The normalized spacial score (nSPS) is 31.8. The zero-order valence-electron chi connectivity index (χ0n) is 11.1. The van der Waals surface area contributed by atoms with E-state index in [1.54, 1.807) is 0 Å². The van der Waals surface area contributed by atoms with Gasteiger partial charge in [-0.15, -0.1) is 0 Å². The van der Waals surface area contributed by atoms with Gasteiger partial charge in [-0.3, -0.25) is 10.3 Å². The molecule has 1 aliphatic carbocycles. The summed E-state index contributed by atoms with van der Waals surface area (Å²) in [7, 11) is 0. The van der Waals surface area contributed by atoms with Crippen LogP contribution in [0.2, 0.25) is 0 Å². The lowest BCUT2D eigenvalue weighted by molar-refractivity contribution is 0.0572. The van der Waals surface area contributed by atoms with Gasteiger partial charge in [-0.2, -0.15) is 0 Å². The molecule has 2 fully saturated rings. The summed E-state index contributed by atoms with van der Waals surface area (Å²) in [5.41, 5.74) is 5.56. The molecule has 1 saturated heterocycles. The van der Waals surface area contributed by atoms with Crippen LogP contribution in [0.3, 0.4) is 0 Å². The molecule has 0 amide bonds. The minimum Gasteiger partial charge on any atom is -0.388 e. The predicted molar refractivity (Wildman–Crippen MR) is 72.2 cm³/mol. The van der Waals surface area contributed by atoms with Crippen molar-refractivity contribution in [1.82, 2.24) is 4.90 Å². The third-order valence-electron chi connectivity index (χ3n) is 4.77. The maximum atomic E-state index is 7.48. The summed E-state index contributed by atoms with van der Waals surface area (Å²) in [6.07, 6.45) is 9.02. The van der Waals surface area contributed by atoms with E-state index < -0.39 is 0 Å². The van der Waals surface area contributed by atoms with Crippen molar-refractivity contribution in [2.75, 3.05) is 13.1 Å². The molecular weight excluding hydrogens is 210 g/mol. The van der Waals surface area contributed by atoms with Crippen molar-refractivity contribution >= 4 is 5.84 Å². The number of rotatable bonds is 4. The van der Waals surface area contributed by atoms with E-state index in [1.807, 2.05) is 0 Å². The maximum absolute atomic E-state index is 7.48. The van der Waals surface area contributed by atoms with Crippen LogP contribution in [-0.4, -0.2) is 29.9 Å². The highest BCUT2D eigenvalue weighted by atomic mass is 15.2. The van der Waals surface area contributed by atoms with Gasteiger partial charge in [-0.25, -0.2) is 0 Å². The Bertz CT molecular complexity index is 264. The van der Waals surface area contributed by atoms with Gasteiger partial charge in [0.25, 0.3) is 0 Å². The van der Waals surface area contributed by atoms with E-state index in [0.717, 1.165) is 24.7 Å². The molecule has 1 saturated carbocycles. The minimum atomic E-state index is 0.350. The lowest BCUT2D eigenvalue weighted by Crippen LogP contribution is -2.47. The molecule has 2 aliphatic rings. The third kappa shape index (κ3) is 3.21. The Morgan fingerprint density at radius 1 is 1.29 bits per heavy atom. The molecule has 3 unspecified atom stereocenters. The Kier molecular flexibility index (Phi) is 4.43. The van der Waals surface area contributed by atoms with Gasteiger partial charge in [0.2, 0.25) is 0 Å². The molecule has 1 heterocycles. The molecule has 0 aromatic heterocycles. The average molecular weight is 237 g/mol. The summed E-state index contributed by atoms with van der Waals surface area (Å²) >= 11 is 0. The van der Waals surface area contributed by atoms with E-state index in [-0.39, 0.29) is 0 Å². The number of likely N-dealkylation sites (tertiary alicyclic amines) is 1. The van der Waals surface area contributed by atoms with E-state index in [2.05, 4.69) is 11.8 Å². The number of amidine groups is 1. The fraction of sp³-hybridized carbons (Fsp3) is 0.929. The smallest absolute Gasteiger partial charge is 0.0921 e. The Balaban J connectivity index is 1.91. The first-order valence-corrected chi connectivity index (χ1v) is 7.27. The molecule has 0 aromatic carbocycles. The lowest BCUT2D eigenvalue weighted by atomic mass is 9.74. The summed E-state index contributed by atoms with van der Waals surface area (Å²) in [5, 5.41) is 7.48. The van der Waals surface area contributed by atoms with Crippen molar-refractivity contribution in [2.24, 2.45) is 17.6 Å². The van der Waals surface area contributed by atoms with E-state index >= 15 is 0 Å². The largest absolute Gasteiger partial charge is 0.388 e. The molecular formula is C14H27N3. The van der Waals surface area contributed by atoms with E-state index in [4.69, 9.17) is 11.1 Å². The second-order valence-corrected chi connectivity index (χ2v) is 5.88. The van der Waals surface area contributed by atoms with Crippen LogP contribution < -0.4 is 5.73 Å². The van der Waals surface area contributed by atoms with Gasteiger partial charge in [-0.05, 0) is 37.6 Å². The Morgan fingerprint density at radius 3 is 2.65 bits per heavy atom. The van der Waals surface area contributed by atoms with Gasteiger partial charge in [0, 0.05) is 19.0 Å². The number of hydrogen-bond donors (Lipinski definition) is 2. The van der Waals surface area contributed by atoms with Gasteiger partial charge in [0.15, 0.2) is 0 Å². The van der Waals surface area contributed by atoms with Crippen molar-refractivity contribution < 1.29 is 0 Å². The first kappa shape index (κ1) is 12.9. The van der Waals surface area contributed by atoms with E-state index in [0.29, 0.717) is 11.9 Å². The number of hydrogen-bond acceptors (Lipinski definition) is 2. The summed E-state index contributed by atoms with van der Waals surface area (Å²) in [6, 6.07) is 0.510. The second kappa shape index (κ2) is 5.85. The summed E-state index contributed by atoms with van der Waals surface area (Å²) < 4.78 is 0. The molecule has 3 nitrogen and oxygen atoms in total. The molecule has 3 atom stereocenters. The summed E-state index contributed by atoms with van der Waals surface area (Å²) in [4.78, 5) is 2.61. The Hall–Kier alpha value is -0.570. The lowest BCUT2D eigenvalue weighted by Gasteiger charge is -2.44. The van der Waals surface area contributed by atoms with E-state index in [9.17, 15) is 0 Å². The van der Waals surface area contributed by atoms with Crippen LogP contribution in [0.15, 0.2) is 0 Å². The Labute approximate surface area is 105 Å². The van der Waals surface area contributed by atoms with Gasteiger partial charge in [0.1, 0.15) is 0 Å². The molecule has 1 aliphatic heterocycles. The van der Waals surface area contributed by atoms with Crippen LogP contribution in [0.1, 0.15) is 51.9 Å².